The summed E-state index contributed by atoms with van der Waals surface area (Å²) in [5.74, 6) is 0.371. The molecule has 0 spiro atoms. The van der Waals surface area contributed by atoms with Gasteiger partial charge in [0.25, 0.3) is 0 Å². The second-order valence-corrected chi connectivity index (χ2v) is 7.85. The Labute approximate surface area is 118 Å². The first-order valence-electron chi connectivity index (χ1n) is 6.21. The van der Waals surface area contributed by atoms with Crippen LogP contribution in [0.15, 0.2) is 16.3 Å². The summed E-state index contributed by atoms with van der Waals surface area (Å²) < 4.78 is 26.8. The number of thiophene rings is 1. The highest BCUT2D eigenvalue weighted by Crippen LogP contribution is 2.28. The Balaban J connectivity index is 2.28. The third-order valence-electron chi connectivity index (χ3n) is 3.36. The van der Waals surface area contributed by atoms with Crippen molar-refractivity contribution in [1.29, 1.82) is 0 Å². The average molecular weight is 308 g/mol. The third kappa shape index (κ3) is 2.90. The Morgan fingerprint density at radius 1 is 1.44 bits per heavy atom. The van der Waals surface area contributed by atoms with E-state index in [9.17, 15) is 8.42 Å². The summed E-state index contributed by atoms with van der Waals surface area (Å²) in [5.41, 5.74) is 0. The number of halogens is 1. The van der Waals surface area contributed by atoms with Crippen LogP contribution in [0.1, 0.15) is 37.5 Å². The van der Waals surface area contributed by atoms with Gasteiger partial charge >= 0.3 is 0 Å². The molecule has 1 fully saturated rings. The molecule has 0 aromatic carbocycles. The summed E-state index contributed by atoms with van der Waals surface area (Å²) in [7, 11) is -3.34. The SMILES string of the molecule is CC1CCCCCN1S(=O)(=O)c1csc(CCl)c1. The lowest BCUT2D eigenvalue weighted by Crippen LogP contribution is -2.38. The van der Waals surface area contributed by atoms with E-state index in [4.69, 9.17) is 11.6 Å². The van der Waals surface area contributed by atoms with E-state index < -0.39 is 10.0 Å². The van der Waals surface area contributed by atoms with Gasteiger partial charge in [-0.2, -0.15) is 4.31 Å². The van der Waals surface area contributed by atoms with Gasteiger partial charge in [-0.25, -0.2) is 8.42 Å². The maximum Gasteiger partial charge on any atom is 0.244 e. The molecule has 1 unspecified atom stereocenters. The van der Waals surface area contributed by atoms with Crippen molar-refractivity contribution in [3.05, 3.63) is 16.3 Å². The number of hydrogen-bond donors (Lipinski definition) is 0. The molecule has 1 aromatic rings. The van der Waals surface area contributed by atoms with Gasteiger partial charge in [-0.15, -0.1) is 22.9 Å². The molecule has 18 heavy (non-hydrogen) atoms. The van der Waals surface area contributed by atoms with Gasteiger partial charge in [0.05, 0.1) is 10.8 Å². The van der Waals surface area contributed by atoms with Crippen LogP contribution in [0.5, 0.6) is 0 Å². The molecule has 2 rings (SSSR count). The fraction of sp³-hybridized carbons (Fsp3) is 0.667. The van der Waals surface area contributed by atoms with Gasteiger partial charge in [-0.3, -0.25) is 0 Å². The van der Waals surface area contributed by atoms with Crippen LogP contribution in [-0.4, -0.2) is 25.3 Å². The molecule has 0 N–H and O–H groups in total. The largest absolute Gasteiger partial charge is 0.244 e. The highest BCUT2D eigenvalue weighted by Gasteiger charge is 2.30. The van der Waals surface area contributed by atoms with Crippen LogP contribution in [0.25, 0.3) is 0 Å². The summed E-state index contributed by atoms with van der Waals surface area (Å²) in [4.78, 5) is 1.30. The van der Waals surface area contributed by atoms with Crippen molar-refractivity contribution in [2.45, 2.75) is 49.4 Å². The van der Waals surface area contributed by atoms with Gasteiger partial charge in [-0.1, -0.05) is 12.8 Å². The molecule has 0 radical (unpaired) electrons. The van der Waals surface area contributed by atoms with Gasteiger partial charge < -0.3 is 0 Å². The van der Waals surface area contributed by atoms with Crippen LogP contribution in [0.4, 0.5) is 0 Å². The molecule has 0 bridgehead atoms. The van der Waals surface area contributed by atoms with Crippen LogP contribution in [0, 0.1) is 0 Å². The van der Waals surface area contributed by atoms with E-state index >= 15 is 0 Å². The topological polar surface area (TPSA) is 37.4 Å². The van der Waals surface area contributed by atoms with Gasteiger partial charge in [0.2, 0.25) is 10.0 Å². The molecule has 6 heteroatoms. The van der Waals surface area contributed by atoms with Crippen molar-refractivity contribution in [3.63, 3.8) is 0 Å². The second-order valence-electron chi connectivity index (χ2n) is 4.70. The van der Waals surface area contributed by atoms with Crippen molar-refractivity contribution < 1.29 is 8.42 Å². The highest BCUT2D eigenvalue weighted by molar-refractivity contribution is 7.89. The number of rotatable bonds is 3. The summed E-state index contributed by atoms with van der Waals surface area (Å²) in [5, 5.41) is 1.70. The summed E-state index contributed by atoms with van der Waals surface area (Å²) in [6.45, 7) is 2.63. The Morgan fingerprint density at radius 2 is 2.22 bits per heavy atom. The molecule has 0 saturated carbocycles. The molecule has 1 aromatic heterocycles. The molecule has 1 atom stereocenters. The van der Waals surface area contributed by atoms with Crippen molar-refractivity contribution in [2.24, 2.45) is 0 Å². The number of sulfonamides is 1. The van der Waals surface area contributed by atoms with Crippen molar-refractivity contribution in [1.82, 2.24) is 4.31 Å². The molecule has 102 valence electrons. The zero-order valence-corrected chi connectivity index (χ0v) is 12.8. The van der Waals surface area contributed by atoms with Crippen LogP contribution in [0.2, 0.25) is 0 Å². The molecule has 3 nitrogen and oxygen atoms in total. The molecule has 0 amide bonds. The van der Waals surface area contributed by atoms with Gasteiger partial charge in [0.15, 0.2) is 0 Å². The minimum Gasteiger partial charge on any atom is -0.207 e. The highest BCUT2D eigenvalue weighted by atomic mass is 35.5. The predicted octanol–water partition coefficient (Wildman–Crippen LogP) is 3.44. The first-order valence-corrected chi connectivity index (χ1v) is 9.06. The Morgan fingerprint density at radius 3 is 2.89 bits per heavy atom. The summed E-state index contributed by atoms with van der Waals surface area (Å²) in [6, 6.07) is 1.79. The van der Waals surface area contributed by atoms with E-state index in [1.165, 1.54) is 11.3 Å². The van der Waals surface area contributed by atoms with Crippen LogP contribution < -0.4 is 0 Å². The standard InChI is InChI=1S/C12H18ClNO2S2/c1-10-5-3-2-4-6-14(10)18(15,16)12-7-11(8-13)17-9-12/h7,9-10H,2-6,8H2,1H3. The first-order chi connectivity index (χ1) is 8.55. The molecular weight excluding hydrogens is 290 g/mol. The summed E-state index contributed by atoms with van der Waals surface area (Å²) in [6.07, 6.45) is 4.14. The summed E-state index contributed by atoms with van der Waals surface area (Å²) >= 11 is 7.14. The third-order valence-corrected chi connectivity index (χ3v) is 6.88. The van der Waals surface area contributed by atoms with E-state index in [-0.39, 0.29) is 6.04 Å². The van der Waals surface area contributed by atoms with Crippen LogP contribution in [-0.2, 0) is 15.9 Å². The number of nitrogens with zero attached hydrogens (tertiary/aromatic N) is 1. The lowest BCUT2D eigenvalue weighted by Gasteiger charge is -2.25. The smallest absolute Gasteiger partial charge is 0.207 e. The zero-order chi connectivity index (χ0) is 13.2. The zero-order valence-electron chi connectivity index (χ0n) is 10.4. The van der Waals surface area contributed by atoms with Gasteiger partial charge in [0.1, 0.15) is 0 Å². The van der Waals surface area contributed by atoms with E-state index in [0.717, 1.165) is 30.6 Å². The van der Waals surface area contributed by atoms with E-state index in [0.29, 0.717) is 17.3 Å². The number of alkyl halides is 1. The lowest BCUT2D eigenvalue weighted by molar-refractivity contribution is 0.342. The normalized spacial score (nSPS) is 22.9. The Hall–Kier alpha value is -0.100. The monoisotopic (exact) mass is 307 g/mol. The van der Waals surface area contributed by atoms with Crippen molar-refractivity contribution >= 4 is 33.0 Å². The fourth-order valence-corrected chi connectivity index (χ4v) is 5.38. The lowest BCUT2D eigenvalue weighted by atomic mass is 10.1. The molecule has 1 aliphatic heterocycles. The predicted molar refractivity (Wildman–Crippen MR) is 75.7 cm³/mol. The molecule has 2 heterocycles. The van der Waals surface area contributed by atoms with Crippen molar-refractivity contribution in [3.8, 4) is 0 Å². The Bertz CT molecular complexity index is 498. The van der Waals surface area contributed by atoms with Gasteiger partial charge in [0, 0.05) is 22.8 Å². The minimum absolute atomic E-state index is 0.0943. The van der Waals surface area contributed by atoms with E-state index in [1.54, 1.807) is 15.8 Å². The molecule has 1 saturated heterocycles. The molecule has 0 aliphatic carbocycles. The van der Waals surface area contributed by atoms with E-state index in [1.807, 2.05) is 6.92 Å². The van der Waals surface area contributed by atoms with E-state index in [2.05, 4.69) is 0 Å². The maximum absolute atomic E-state index is 12.6. The fourth-order valence-electron chi connectivity index (χ4n) is 2.31. The molecule has 1 aliphatic rings. The maximum atomic E-state index is 12.6. The second kappa shape index (κ2) is 5.90. The average Bonchev–Trinajstić information content (AvgIpc) is 2.72. The van der Waals surface area contributed by atoms with Crippen molar-refractivity contribution in [2.75, 3.05) is 6.54 Å². The first kappa shape index (κ1) is 14.3. The van der Waals surface area contributed by atoms with Gasteiger partial charge in [-0.05, 0) is 25.8 Å². The van der Waals surface area contributed by atoms with Crippen LogP contribution >= 0.6 is 22.9 Å². The quantitative estimate of drug-likeness (QED) is 0.802. The number of hydrogen-bond acceptors (Lipinski definition) is 3. The molecular formula is C12H18ClNO2S2. The Kier molecular flexibility index (Phi) is 4.69. The van der Waals surface area contributed by atoms with Crippen LogP contribution in [0.3, 0.4) is 0 Å². The minimum atomic E-state index is -3.34.